The van der Waals surface area contributed by atoms with Crippen molar-refractivity contribution in [3.8, 4) is 0 Å². The molecule has 0 spiro atoms. The van der Waals surface area contributed by atoms with Gasteiger partial charge in [-0.05, 0) is 16.8 Å². The lowest BCUT2D eigenvalue weighted by Gasteiger charge is -1.98. The van der Waals surface area contributed by atoms with Crippen LogP contribution in [0, 0.1) is 0 Å². The van der Waals surface area contributed by atoms with Crippen molar-refractivity contribution in [3.05, 3.63) is 48.0 Å². The second kappa shape index (κ2) is 3.42. The molecule has 0 aliphatic carbocycles. The molecule has 1 radical (unpaired) electrons. The molecule has 2 aromatic carbocycles. The first kappa shape index (κ1) is 8.63. The molecule has 0 saturated heterocycles. The Labute approximate surface area is 81.2 Å². The lowest BCUT2D eigenvalue weighted by molar-refractivity contribution is 0.106. The minimum absolute atomic E-state index is 0.388. The van der Waals surface area contributed by atoms with Gasteiger partial charge in [0.05, 0.1) is 0 Å². The van der Waals surface area contributed by atoms with Crippen LogP contribution in [0.1, 0.15) is 10.4 Å². The molecule has 0 aliphatic rings. The van der Waals surface area contributed by atoms with E-state index < -0.39 is 5.78 Å². The first-order valence-corrected chi connectivity index (χ1v) is 4.22. The molecule has 2 rings (SSSR count). The van der Waals surface area contributed by atoms with E-state index in [1.54, 1.807) is 12.1 Å². The van der Waals surface area contributed by atoms with Gasteiger partial charge < -0.3 is 0 Å². The maximum Gasteiger partial charge on any atom is 0.277 e. The number of hydrogen-bond acceptors (Lipinski definition) is 2. The Bertz CT molecular complexity index is 500. The van der Waals surface area contributed by atoms with Gasteiger partial charge in [0, 0.05) is 5.56 Å². The standard InChI is InChI=1S/C12H7O2/c13-8-12(14)11-6-5-9-3-1-2-4-10(9)7-11/h1-7H. The molecule has 0 aliphatic heterocycles. The molecular weight excluding hydrogens is 176 g/mol. The van der Waals surface area contributed by atoms with Crippen LogP contribution in [0.15, 0.2) is 42.5 Å². The lowest BCUT2D eigenvalue weighted by atomic mass is 10.1. The maximum atomic E-state index is 11.0. The maximum absolute atomic E-state index is 11.0. The second-order valence-corrected chi connectivity index (χ2v) is 2.99. The molecule has 0 saturated carbocycles. The SMILES string of the molecule is O=[C]C(=O)c1ccc2ccccc2c1. The zero-order valence-electron chi connectivity index (χ0n) is 7.36. The Morgan fingerprint density at radius 2 is 1.71 bits per heavy atom. The van der Waals surface area contributed by atoms with Gasteiger partial charge in [0.1, 0.15) is 0 Å². The first-order valence-electron chi connectivity index (χ1n) is 4.22. The summed E-state index contributed by atoms with van der Waals surface area (Å²) < 4.78 is 0. The van der Waals surface area contributed by atoms with Crippen LogP contribution in [0.3, 0.4) is 0 Å². The Balaban J connectivity index is 2.62. The van der Waals surface area contributed by atoms with Crippen molar-refractivity contribution in [3.63, 3.8) is 0 Å². The zero-order valence-corrected chi connectivity index (χ0v) is 7.36. The van der Waals surface area contributed by atoms with E-state index in [1.165, 1.54) is 6.29 Å². The molecule has 0 aromatic heterocycles. The van der Waals surface area contributed by atoms with Gasteiger partial charge in [-0.25, -0.2) is 0 Å². The minimum atomic E-state index is -0.601. The Hall–Kier alpha value is -1.96. The van der Waals surface area contributed by atoms with Crippen LogP contribution in [0.5, 0.6) is 0 Å². The first-order chi connectivity index (χ1) is 6.81. The van der Waals surface area contributed by atoms with E-state index >= 15 is 0 Å². The van der Waals surface area contributed by atoms with Crippen molar-refractivity contribution in [1.29, 1.82) is 0 Å². The molecule has 2 aromatic rings. The lowest BCUT2D eigenvalue weighted by Crippen LogP contribution is -1.98. The van der Waals surface area contributed by atoms with Gasteiger partial charge in [-0.1, -0.05) is 36.4 Å². The average Bonchev–Trinajstić information content (AvgIpc) is 2.27. The normalized spacial score (nSPS) is 10.0. The molecule has 0 amide bonds. The fourth-order valence-electron chi connectivity index (χ4n) is 1.39. The molecule has 0 heterocycles. The number of ketones is 1. The van der Waals surface area contributed by atoms with E-state index in [4.69, 9.17) is 0 Å². The third-order valence-electron chi connectivity index (χ3n) is 2.10. The van der Waals surface area contributed by atoms with E-state index in [1.807, 2.05) is 30.3 Å². The molecule has 2 heteroatoms. The Kier molecular flexibility index (Phi) is 2.11. The molecule has 2 nitrogen and oxygen atoms in total. The van der Waals surface area contributed by atoms with Gasteiger partial charge in [-0.3, -0.25) is 9.59 Å². The van der Waals surface area contributed by atoms with Crippen LogP contribution >= 0.6 is 0 Å². The summed E-state index contributed by atoms with van der Waals surface area (Å²) in [5.41, 5.74) is 0.388. The third-order valence-corrected chi connectivity index (χ3v) is 2.10. The number of benzene rings is 2. The summed E-state index contributed by atoms with van der Waals surface area (Å²) in [6, 6.07) is 12.8. The molecular formula is C12H7O2. The van der Waals surface area contributed by atoms with Gasteiger partial charge in [0.2, 0.25) is 5.78 Å². The number of rotatable bonds is 2. The molecule has 0 atom stereocenters. The summed E-state index contributed by atoms with van der Waals surface area (Å²) >= 11 is 0. The number of hydrogen-bond donors (Lipinski definition) is 0. The van der Waals surface area contributed by atoms with Gasteiger partial charge in [-0.2, -0.15) is 0 Å². The van der Waals surface area contributed by atoms with Gasteiger partial charge in [0.15, 0.2) is 0 Å². The van der Waals surface area contributed by atoms with E-state index in [0.717, 1.165) is 10.8 Å². The number of carbonyl (C=O) groups excluding carboxylic acids is 2. The number of Topliss-reactive ketones (excluding diaryl/α,β-unsaturated/α-hetero) is 1. The van der Waals surface area contributed by atoms with E-state index in [9.17, 15) is 9.59 Å². The van der Waals surface area contributed by atoms with Crippen molar-refractivity contribution < 1.29 is 9.59 Å². The van der Waals surface area contributed by atoms with E-state index in [2.05, 4.69) is 0 Å². The van der Waals surface area contributed by atoms with Crippen molar-refractivity contribution in [2.75, 3.05) is 0 Å². The third kappa shape index (κ3) is 1.42. The topological polar surface area (TPSA) is 34.1 Å². The van der Waals surface area contributed by atoms with Crippen LogP contribution in [0.2, 0.25) is 0 Å². The highest BCUT2D eigenvalue weighted by atomic mass is 16.2. The predicted molar refractivity (Wildman–Crippen MR) is 54.0 cm³/mol. The largest absolute Gasteiger partial charge is 0.285 e. The fraction of sp³-hybridized carbons (Fsp3) is 0. The van der Waals surface area contributed by atoms with Crippen molar-refractivity contribution in [2.24, 2.45) is 0 Å². The minimum Gasteiger partial charge on any atom is -0.285 e. The summed E-state index contributed by atoms with van der Waals surface area (Å²) in [4.78, 5) is 21.2. The fourth-order valence-corrected chi connectivity index (χ4v) is 1.39. The number of fused-ring (bicyclic) bond motifs is 1. The molecule has 67 valence electrons. The van der Waals surface area contributed by atoms with E-state index in [-0.39, 0.29) is 0 Å². The predicted octanol–water partition coefficient (Wildman–Crippen LogP) is 2.13. The molecule has 0 fully saturated rings. The molecule has 14 heavy (non-hydrogen) atoms. The van der Waals surface area contributed by atoms with Crippen LogP contribution in [0.4, 0.5) is 0 Å². The van der Waals surface area contributed by atoms with Crippen LogP contribution in [-0.2, 0) is 4.79 Å². The molecule has 0 bridgehead atoms. The monoisotopic (exact) mass is 183 g/mol. The summed E-state index contributed by atoms with van der Waals surface area (Å²) in [6.07, 6.45) is 1.36. The number of carbonyl (C=O) groups is 1. The average molecular weight is 183 g/mol. The van der Waals surface area contributed by atoms with Gasteiger partial charge in [-0.15, -0.1) is 0 Å². The highest BCUT2D eigenvalue weighted by Gasteiger charge is 2.04. The summed E-state index contributed by atoms with van der Waals surface area (Å²) in [6.45, 7) is 0. The van der Waals surface area contributed by atoms with Crippen LogP contribution in [0.25, 0.3) is 10.8 Å². The van der Waals surface area contributed by atoms with Crippen molar-refractivity contribution in [2.45, 2.75) is 0 Å². The quantitative estimate of drug-likeness (QED) is 0.528. The smallest absolute Gasteiger partial charge is 0.277 e. The highest BCUT2D eigenvalue weighted by Crippen LogP contribution is 2.15. The van der Waals surface area contributed by atoms with Crippen molar-refractivity contribution in [1.82, 2.24) is 0 Å². The van der Waals surface area contributed by atoms with Crippen molar-refractivity contribution >= 4 is 22.8 Å². The van der Waals surface area contributed by atoms with Crippen LogP contribution in [-0.4, -0.2) is 12.1 Å². The van der Waals surface area contributed by atoms with E-state index in [0.29, 0.717) is 5.56 Å². The Morgan fingerprint density at radius 1 is 1.00 bits per heavy atom. The second-order valence-electron chi connectivity index (χ2n) is 2.99. The van der Waals surface area contributed by atoms with Gasteiger partial charge in [0.25, 0.3) is 6.29 Å². The summed E-state index contributed by atoms with van der Waals surface area (Å²) in [5, 5.41) is 2.00. The molecule has 0 N–H and O–H groups in total. The highest BCUT2D eigenvalue weighted by molar-refractivity contribution is 6.34. The Morgan fingerprint density at radius 3 is 2.43 bits per heavy atom. The van der Waals surface area contributed by atoms with Gasteiger partial charge >= 0.3 is 0 Å². The van der Waals surface area contributed by atoms with Crippen LogP contribution < -0.4 is 0 Å². The summed E-state index contributed by atoms with van der Waals surface area (Å²) in [5.74, 6) is -0.601. The molecule has 0 unspecified atom stereocenters. The summed E-state index contributed by atoms with van der Waals surface area (Å²) in [7, 11) is 0. The zero-order chi connectivity index (χ0) is 9.97.